The van der Waals surface area contributed by atoms with Crippen molar-refractivity contribution in [3.8, 4) is 5.75 Å². The molecule has 0 aliphatic rings. The highest BCUT2D eigenvalue weighted by Gasteiger charge is 2.21. The number of aryl methyl sites for hydroxylation is 2. The maximum Gasteiger partial charge on any atom is 0.311 e. The fourth-order valence-corrected chi connectivity index (χ4v) is 3.11. The molecule has 0 saturated heterocycles. The summed E-state index contributed by atoms with van der Waals surface area (Å²) in [6.07, 6.45) is 0.563. The van der Waals surface area contributed by atoms with Gasteiger partial charge in [-0.15, -0.1) is 0 Å². The van der Waals surface area contributed by atoms with Crippen molar-refractivity contribution in [1.29, 1.82) is 0 Å². The molecule has 1 aromatic heterocycles. The molecule has 0 aliphatic heterocycles. The number of amides is 1. The molecule has 0 bridgehead atoms. The predicted octanol–water partition coefficient (Wildman–Crippen LogP) is 4.82. The second-order valence-corrected chi connectivity index (χ2v) is 7.27. The molecular formula is C22H22ClNO5. The summed E-state index contributed by atoms with van der Waals surface area (Å²) in [5.41, 5.74) is 4.06. The van der Waals surface area contributed by atoms with Crippen LogP contribution in [0, 0.1) is 13.8 Å². The molecule has 0 fully saturated rings. The number of anilines is 1. The monoisotopic (exact) mass is 415 g/mol. The van der Waals surface area contributed by atoms with Crippen LogP contribution >= 0.6 is 11.6 Å². The topological polar surface area (TPSA) is 77.8 Å². The van der Waals surface area contributed by atoms with Gasteiger partial charge in [0.15, 0.2) is 6.10 Å². The minimum Gasteiger partial charge on any atom is -0.495 e. The Morgan fingerprint density at radius 3 is 2.62 bits per heavy atom. The van der Waals surface area contributed by atoms with Gasteiger partial charge < -0.3 is 19.2 Å². The maximum atomic E-state index is 12.4. The molecule has 0 aliphatic carbocycles. The van der Waals surface area contributed by atoms with E-state index in [1.807, 2.05) is 26.0 Å². The Hall–Kier alpha value is -2.99. The average Bonchev–Trinajstić information content (AvgIpc) is 3.03. The van der Waals surface area contributed by atoms with Crippen molar-refractivity contribution in [2.24, 2.45) is 0 Å². The molecule has 152 valence electrons. The van der Waals surface area contributed by atoms with Crippen LogP contribution in [0.25, 0.3) is 11.0 Å². The number of carbonyl (C=O) groups is 2. The molecule has 2 aromatic carbocycles. The predicted molar refractivity (Wildman–Crippen MR) is 112 cm³/mol. The van der Waals surface area contributed by atoms with Crippen LogP contribution in [0.3, 0.4) is 0 Å². The molecular weight excluding hydrogens is 394 g/mol. The second kappa shape index (κ2) is 8.57. The van der Waals surface area contributed by atoms with E-state index in [4.69, 9.17) is 25.5 Å². The van der Waals surface area contributed by atoms with Crippen LogP contribution in [0.1, 0.15) is 23.6 Å². The molecule has 29 heavy (non-hydrogen) atoms. The van der Waals surface area contributed by atoms with Crippen LogP contribution in [0.2, 0.25) is 5.02 Å². The standard InChI is InChI=1S/C22H22ClNO5/c1-12-7-17-15(11-28-20(17)8-13(12)2)9-21(25)29-14(3)22(26)24-18-10-16(23)5-6-19(18)27-4/h5-8,10-11,14H,9H2,1-4H3,(H,24,26). The third-order valence-electron chi connectivity index (χ3n) is 4.70. The van der Waals surface area contributed by atoms with E-state index < -0.39 is 18.0 Å². The van der Waals surface area contributed by atoms with Gasteiger partial charge in [0.25, 0.3) is 5.91 Å². The first-order chi connectivity index (χ1) is 13.8. The number of methoxy groups -OCH3 is 1. The Labute approximate surface area is 173 Å². The van der Waals surface area contributed by atoms with Crippen molar-refractivity contribution in [3.05, 3.63) is 58.3 Å². The summed E-state index contributed by atoms with van der Waals surface area (Å²) < 4.78 is 16.0. The van der Waals surface area contributed by atoms with Gasteiger partial charge in [-0.1, -0.05) is 11.6 Å². The summed E-state index contributed by atoms with van der Waals surface area (Å²) in [7, 11) is 1.49. The molecule has 1 atom stereocenters. The molecule has 0 radical (unpaired) electrons. The molecule has 0 saturated carbocycles. The van der Waals surface area contributed by atoms with Crippen molar-refractivity contribution >= 4 is 40.1 Å². The first kappa shape index (κ1) is 20.7. The van der Waals surface area contributed by atoms with Gasteiger partial charge in [0.05, 0.1) is 25.5 Å². The summed E-state index contributed by atoms with van der Waals surface area (Å²) in [5, 5.41) is 3.98. The smallest absolute Gasteiger partial charge is 0.311 e. The Kier molecular flexibility index (Phi) is 6.13. The Morgan fingerprint density at radius 1 is 1.17 bits per heavy atom. The summed E-state index contributed by atoms with van der Waals surface area (Å²) >= 11 is 5.97. The number of furan rings is 1. The van der Waals surface area contributed by atoms with E-state index in [1.165, 1.54) is 14.0 Å². The molecule has 3 aromatic rings. The van der Waals surface area contributed by atoms with Crippen molar-refractivity contribution in [2.75, 3.05) is 12.4 Å². The number of halogens is 1. The van der Waals surface area contributed by atoms with Gasteiger partial charge in [-0.2, -0.15) is 0 Å². The third-order valence-corrected chi connectivity index (χ3v) is 4.94. The lowest BCUT2D eigenvalue weighted by molar-refractivity contribution is -0.152. The van der Waals surface area contributed by atoms with Gasteiger partial charge in [0.1, 0.15) is 11.3 Å². The van der Waals surface area contributed by atoms with Crippen LogP contribution in [0.5, 0.6) is 5.75 Å². The number of hydrogen-bond donors (Lipinski definition) is 1. The molecule has 0 spiro atoms. The number of esters is 1. The first-order valence-corrected chi connectivity index (χ1v) is 9.47. The highest BCUT2D eigenvalue weighted by Crippen LogP contribution is 2.28. The van der Waals surface area contributed by atoms with E-state index in [0.29, 0.717) is 16.5 Å². The molecule has 6 nitrogen and oxygen atoms in total. The molecule has 1 unspecified atom stereocenters. The number of ether oxygens (including phenoxy) is 2. The molecule has 7 heteroatoms. The zero-order valence-corrected chi connectivity index (χ0v) is 17.4. The Balaban J connectivity index is 1.66. The zero-order chi connectivity index (χ0) is 21.1. The van der Waals surface area contributed by atoms with Crippen LogP contribution in [0.15, 0.2) is 41.0 Å². The van der Waals surface area contributed by atoms with Gasteiger partial charge in [-0.25, -0.2) is 0 Å². The number of hydrogen-bond acceptors (Lipinski definition) is 5. The summed E-state index contributed by atoms with van der Waals surface area (Å²) in [4.78, 5) is 24.8. The SMILES string of the molecule is COc1ccc(Cl)cc1NC(=O)C(C)OC(=O)Cc1coc2cc(C)c(C)cc12. The van der Waals surface area contributed by atoms with Gasteiger partial charge in [0.2, 0.25) is 0 Å². The van der Waals surface area contributed by atoms with E-state index in [9.17, 15) is 9.59 Å². The minimum absolute atomic E-state index is 0.00755. The average molecular weight is 416 g/mol. The number of rotatable bonds is 6. The summed E-state index contributed by atoms with van der Waals surface area (Å²) in [5.74, 6) is -0.550. The minimum atomic E-state index is -0.992. The normalized spacial score (nSPS) is 11.9. The third kappa shape index (κ3) is 4.71. The van der Waals surface area contributed by atoms with Crippen LogP contribution in [0.4, 0.5) is 5.69 Å². The van der Waals surface area contributed by atoms with Gasteiger partial charge in [0, 0.05) is 16.0 Å². The largest absolute Gasteiger partial charge is 0.495 e. The van der Waals surface area contributed by atoms with Gasteiger partial charge in [-0.05, 0) is 62.2 Å². The quantitative estimate of drug-likeness (QED) is 0.584. The second-order valence-electron chi connectivity index (χ2n) is 6.84. The molecule has 1 N–H and O–H groups in total. The lowest BCUT2D eigenvalue weighted by atomic mass is 10.0. The lowest BCUT2D eigenvalue weighted by Crippen LogP contribution is -2.30. The maximum absolute atomic E-state index is 12.4. The van der Waals surface area contributed by atoms with Crippen LogP contribution < -0.4 is 10.1 Å². The summed E-state index contributed by atoms with van der Waals surface area (Å²) in [6, 6.07) is 8.78. The fraction of sp³-hybridized carbons (Fsp3) is 0.273. The highest BCUT2D eigenvalue weighted by atomic mass is 35.5. The number of benzene rings is 2. The van der Waals surface area contributed by atoms with Crippen molar-refractivity contribution < 1.29 is 23.5 Å². The van der Waals surface area contributed by atoms with Gasteiger partial charge in [-0.3, -0.25) is 9.59 Å². The van der Waals surface area contributed by atoms with Crippen LogP contribution in [-0.2, 0) is 20.7 Å². The molecule has 3 rings (SSSR count). The van der Waals surface area contributed by atoms with Crippen molar-refractivity contribution in [2.45, 2.75) is 33.3 Å². The van der Waals surface area contributed by atoms with Crippen LogP contribution in [-0.4, -0.2) is 25.1 Å². The first-order valence-electron chi connectivity index (χ1n) is 9.09. The Morgan fingerprint density at radius 2 is 1.90 bits per heavy atom. The lowest BCUT2D eigenvalue weighted by Gasteiger charge is -2.15. The van der Waals surface area contributed by atoms with E-state index in [-0.39, 0.29) is 6.42 Å². The van der Waals surface area contributed by atoms with E-state index >= 15 is 0 Å². The highest BCUT2D eigenvalue weighted by molar-refractivity contribution is 6.31. The molecule has 1 heterocycles. The number of carbonyl (C=O) groups excluding carboxylic acids is 2. The number of nitrogens with one attached hydrogen (secondary N) is 1. The van der Waals surface area contributed by atoms with Crippen molar-refractivity contribution in [1.82, 2.24) is 0 Å². The molecule has 1 amide bonds. The number of fused-ring (bicyclic) bond motifs is 1. The van der Waals surface area contributed by atoms with E-state index in [1.54, 1.807) is 24.5 Å². The fourth-order valence-electron chi connectivity index (χ4n) is 2.93. The zero-order valence-electron chi connectivity index (χ0n) is 16.7. The Bertz CT molecular complexity index is 1070. The van der Waals surface area contributed by atoms with E-state index in [0.717, 1.165) is 27.7 Å². The van der Waals surface area contributed by atoms with Gasteiger partial charge >= 0.3 is 5.97 Å². The summed E-state index contributed by atoms with van der Waals surface area (Å²) in [6.45, 7) is 5.51. The van der Waals surface area contributed by atoms with Crippen molar-refractivity contribution in [3.63, 3.8) is 0 Å². The van der Waals surface area contributed by atoms with E-state index in [2.05, 4.69) is 5.32 Å².